The molecule has 2 fully saturated rings. The third-order valence-electron chi connectivity index (χ3n) is 9.55. The number of hydrogen-bond donors (Lipinski definition) is 1. The van der Waals surface area contributed by atoms with E-state index in [4.69, 9.17) is 18.9 Å². The highest BCUT2D eigenvalue weighted by Gasteiger charge is 2.56. The number of allylic oxidation sites excluding steroid dienone is 3. The topological polar surface area (TPSA) is 89.6 Å². The van der Waals surface area contributed by atoms with Gasteiger partial charge in [0.1, 0.15) is 6.61 Å². The van der Waals surface area contributed by atoms with Gasteiger partial charge in [-0.15, -0.1) is 0 Å². The van der Waals surface area contributed by atoms with E-state index in [1.807, 2.05) is 13.8 Å². The molecule has 8 atom stereocenters. The van der Waals surface area contributed by atoms with E-state index in [0.717, 1.165) is 44.9 Å². The number of carbonyl (C=O) groups excluding carboxylic acids is 2. The Morgan fingerprint density at radius 2 is 1.84 bits per heavy atom. The number of nitrogens with zero attached hydrogens (tertiary/aromatic N) is 1. The zero-order chi connectivity index (χ0) is 32.7. The fourth-order valence-corrected chi connectivity index (χ4v) is 6.76. The van der Waals surface area contributed by atoms with Crippen molar-refractivity contribution in [3.8, 4) is 0 Å². The number of carbonyl (C=O) groups is 2. The molecule has 0 saturated carbocycles. The van der Waals surface area contributed by atoms with E-state index in [0.29, 0.717) is 50.4 Å². The second-order valence-corrected chi connectivity index (χ2v) is 13.3. The number of hydrogen-bond acceptors (Lipinski definition) is 6. The van der Waals surface area contributed by atoms with Crippen molar-refractivity contribution in [2.24, 2.45) is 17.8 Å². The SMILES string of the molecule is CC[C@H](OC)[C@@H](C)[C@H]1O[C@]1(C)C[C@H](C)/C=C/C=C(\C)[C@H]1O[C@@H](CNC(=O)CCCCCOCC(=O)N(CC)CC)CC[C@@H]1C. The Kier molecular flexibility index (Phi) is 17.2. The van der Waals surface area contributed by atoms with E-state index < -0.39 is 0 Å². The van der Waals surface area contributed by atoms with Crippen LogP contribution in [-0.4, -0.2) is 86.7 Å². The van der Waals surface area contributed by atoms with E-state index in [1.165, 1.54) is 5.57 Å². The van der Waals surface area contributed by atoms with Gasteiger partial charge in [-0.05, 0) is 83.6 Å². The number of epoxide rings is 1. The quantitative estimate of drug-likeness (QED) is 0.0898. The summed E-state index contributed by atoms with van der Waals surface area (Å²) in [5.41, 5.74) is 1.15. The van der Waals surface area contributed by atoms with Crippen LogP contribution in [0.15, 0.2) is 23.8 Å². The lowest BCUT2D eigenvalue weighted by atomic mass is 9.86. The van der Waals surface area contributed by atoms with Crippen LogP contribution in [0.1, 0.15) is 107 Å². The molecule has 0 aromatic heterocycles. The summed E-state index contributed by atoms with van der Waals surface area (Å²) in [6.45, 7) is 19.9. The largest absolute Gasteiger partial charge is 0.381 e. The van der Waals surface area contributed by atoms with E-state index in [-0.39, 0.29) is 48.4 Å². The van der Waals surface area contributed by atoms with Gasteiger partial charge in [0, 0.05) is 45.7 Å². The van der Waals surface area contributed by atoms with Crippen LogP contribution in [0.2, 0.25) is 0 Å². The lowest BCUT2D eigenvalue weighted by molar-refractivity contribution is -0.135. The van der Waals surface area contributed by atoms with Gasteiger partial charge in [-0.1, -0.05) is 52.3 Å². The standard InChI is InChI=1S/C36H64N2O6/c1-10-31(41-9)29(7)35-36(8,44-35)23-26(4)17-16-18-27(5)34-28(6)20-21-30(43-34)24-37-32(39)19-14-13-15-22-42-25-33(40)38(11-2)12-3/h16-18,26,28-31,34-35H,10-15,19-25H2,1-9H3,(H,37,39)/b17-16+,27-18+/t26-,28+,29-,30-,31+,34-,35-,36-/m1/s1. The van der Waals surface area contributed by atoms with Crippen molar-refractivity contribution in [3.63, 3.8) is 0 Å². The first kappa shape index (κ1) is 38.4. The van der Waals surface area contributed by atoms with Crippen molar-refractivity contribution in [2.75, 3.05) is 40.0 Å². The first-order valence-corrected chi connectivity index (χ1v) is 17.3. The minimum absolute atomic E-state index is 0.0353. The van der Waals surface area contributed by atoms with Crippen LogP contribution in [0.25, 0.3) is 0 Å². The average Bonchev–Trinajstić information content (AvgIpc) is 3.67. The second-order valence-electron chi connectivity index (χ2n) is 13.3. The Bertz CT molecular complexity index is 914. The van der Waals surface area contributed by atoms with Crippen LogP contribution < -0.4 is 5.32 Å². The predicted molar refractivity (Wildman–Crippen MR) is 177 cm³/mol. The van der Waals surface area contributed by atoms with E-state index in [9.17, 15) is 9.59 Å². The number of likely N-dealkylation sites (N-methyl/N-ethyl adjacent to an activating group) is 1. The summed E-state index contributed by atoms with van der Waals surface area (Å²) in [5, 5.41) is 3.08. The maximum atomic E-state index is 12.4. The molecule has 2 saturated heterocycles. The Morgan fingerprint density at radius 3 is 2.50 bits per heavy atom. The third-order valence-corrected chi connectivity index (χ3v) is 9.55. The highest BCUT2D eigenvalue weighted by molar-refractivity contribution is 5.77. The number of rotatable bonds is 21. The van der Waals surface area contributed by atoms with Crippen molar-refractivity contribution in [1.29, 1.82) is 0 Å². The van der Waals surface area contributed by atoms with Crippen LogP contribution in [0.5, 0.6) is 0 Å². The molecule has 254 valence electrons. The monoisotopic (exact) mass is 620 g/mol. The Balaban J connectivity index is 1.67. The normalized spacial score (nSPS) is 27.6. The molecular formula is C36H64N2O6. The molecule has 2 aliphatic rings. The molecule has 8 heteroatoms. The molecule has 8 nitrogen and oxygen atoms in total. The Hall–Kier alpha value is -1.74. The summed E-state index contributed by atoms with van der Waals surface area (Å²) in [6, 6.07) is 0. The Labute approximate surface area is 268 Å². The zero-order valence-electron chi connectivity index (χ0n) is 29.4. The van der Waals surface area contributed by atoms with E-state index in [2.05, 4.69) is 65.1 Å². The molecule has 2 aliphatic heterocycles. The molecule has 0 aromatic rings. The zero-order valence-corrected chi connectivity index (χ0v) is 29.4. The summed E-state index contributed by atoms with van der Waals surface area (Å²) in [4.78, 5) is 26.2. The van der Waals surface area contributed by atoms with Gasteiger partial charge in [0.25, 0.3) is 0 Å². The van der Waals surface area contributed by atoms with Crippen molar-refractivity contribution in [2.45, 2.75) is 137 Å². The van der Waals surface area contributed by atoms with Crippen molar-refractivity contribution in [1.82, 2.24) is 10.2 Å². The summed E-state index contributed by atoms with van der Waals surface area (Å²) in [6.07, 6.45) is 14.3. The summed E-state index contributed by atoms with van der Waals surface area (Å²) >= 11 is 0. The lowest BCUT2D eigenvalue weighted by Crippen LogP contribution is -2.41. The molecule has 0 spiro atoms. The van der Waals surface area contributed by atoms with Gasteiger partial charge in [0.05, 0.1) is 30.0 Å². The molecule has 2 amide bonds. The molecule has 1 N–H and O–H groups in total. The third kappa shape index (κ3) is 12.6. The molecule has 0 radical (unpaired) electrons. The van der Waals surface area contributed by atoms with Gasteiger partial charge in [-0.25, -0.2) is 0 Å². The number of unbranched alkanes of at least 4 members (excludes halogenated alkanes) is 2. The first-order valence-electron chi connectivity index (χ1n) is 17.3. The van der Waals surface area contributed by atoms with E-state index >= 15 is 0 Å². The molecule has 0 aliphatic carbocycles. The summed E-state index contributed by atoms with van der Waals surface area (Å²) in [7, 11) is 1.79. The number of ether oxygens (including phenoxy) is 4. The van der Waals surface area contributed by atoms with Crippen LogP contribution in [-0.2, 0) is 28.5 Å². The molecule has 0 unspecified atom stereocenters. The van der Waals surface area contributed by atoms with E-state index in [1.54, 1.807) is 12.0 Å². The molecule has 0 bridgehead atoms. The van der Waals surface area contributed by atoms with Gasteiger partial charge < -0.3 is 29.2 Å². The number of amides is 2. The van der Waals surface area contributed by atoms with Gasteiger partial charge in [-0.2, -0.15) is 0 Å². The van der Waals surface area contributed by atoms with Crippen LogP contribution in [0, 0.1) is 17.8 Å². The van der Waals surface area contributed by atoms with Gasteiger partial charge in [0.2, 0.25) is 11.8 Å². The van der Waals surface area contributed by atoms with Gasteiger partial charge >= 0.3 is 0 Å². The fraction of sp³-hybridized carbons (Fsp3) is 0.833. The van der Waals surface area contributed by atoms with Gasteiger partial charge in [-0.3, -0.25) is 9.59 Å². The van der Waals surface area contributed by atoms with Crippen LogP contribution in [0.3, 0.4) is 0 Å². The highest BCUT2D eigenvalue weighted by atomic mass is 16.6. The maximum absolute atomic E-state index is 12.4. The van der Waals surface area contributed by atoms with Crippen molar-refractivity contribution in [3.05, 3.63) is 23.8 Å². The van der Waals surface area contributed by atoms with Crippen molar-refractivity contribution >= 4 is 11.8 Å². The summed E-state index contributed by atoms with van der Waals surface area (Å²) < 4.78 is 23.8. The first-order chi connectivity index (χ1) is 21.0. The second kappa shape index (κ2) is 19.7. The van der Waals surface area contributed by atoms with Crippen LogP contribution >= 0.6 is 0 Å². The predicted octanol–water partition coefficient (Wildman–Crippen LogP) is 6.48. The van der Waals surface area contributed by atoms with Crippen LogP contribution in [0.4, 0.5) is 0 Å². The fourth-order valence-electron chi connectivity index (χ4n) is 6.76. The highest BCUT2D eigenvalue weighted by Crippen LogP contribution is 2.47. The maximum Gasteiger partial charge on any atom is 0.248 e. The Morgan fingerprint density at radius 1 is 1.11 bits per heavy atom. The minimum atomic E-state index is -0.0757. The summed E-state index contributed by atoms with van der Waals surface area (Å²) in [5.74, 6) is 1.35. The number of methoxy groups -OCH3 is 1. The van der Waals surface area contributed by atoms with Gasteiger partial charge in [0.15, 0.2) is 0 Å². The average molecular weight is 621 g/mol. The molecular weight excluding hydrogens is 556 g/mol. The smallest absolute Gasteiger partial charge is 0.248 e. The minimum Gasteiger partial charge on any atom is -0.381 e. The van der Waals surface area contributed by atoms with Crippen molar-refractivity contribution < 1.29 is 28.5 Å². The molecule has 2 heterocycles. The molecule has 2 rings (SSSR count). The molecule has 0 aromatic carbocycles. The number of nitrogens with one attached hydrogen (secondary N) is 1. The lowest BCUT2D eigenvalue weighted by Gasteiger charge is -2.35. The molecule has 44 heavy (non-hydrogen) atoms.